The van der Waals surface area contributed by atoms with Gasteiger partial charge in [0.2, 0.25) is 0 Å². The highest BCUT2D eigenvalue weighted by Gasteiger charge is 2.33. The van der Waals surface area contributed by atoms with Crippen LogP contribution in [0.2, 0.25) is 0 Å². The van der Waals surface area contributed by atoms with Gasteiger partial charge in [0.15, 0.2) is 5.03 Å². The number of hydrogen-bond donors (Lipinski definition) is 1. The van der Waals surface area contributed by atoms with Crippen molar-refractivity contribution in [1.29, 1.82) is 0 Å². The zero-order chi connectivity index (χ0) is 15.1. The fraction of sp³-hybridized carbons (Fsp3) is 0.667. The van der Waals surface area contributed by atoms with Crippen molar-refractivity contribution in [2.75, 3.05) is 26.2 Å². The minimum absolute atomic E-state index is 0.0263. The molecule has 0 atom stereocenters. The second kappa shape index (κ2) is 5.07. The van der Waals surface area contributed by atoms with E-state index in [1.807, 2.05) is 0 Å². The third-order valence-electron chi connectivity index (χ3n) is 3.25. The first kappa shape index (κ1) is 15.4. The Morgan fingerprint density at radius 1 is 1.10 bits per heavy atom. The van der Waals surface area contributed by atoms with Crippen molar-refractivity contribution >= 4 is 20.2 Å². The Morgan fingerprint density at radius 2 is 1.60 bits per heavy atom. The number of hydrogen-bond acceptors (Lipinski definition) is 5. The second-order valence-electron chi connectivity index (χ2n) is 4.59. The average molecular weight is 323 g/mol. The quantitative estimate of drug-likeness (QED) is 0.707. The largest absolute Gasteiger partial charge is 0.337 e. The number of rotatable bonds is 3. The monoisotopic (exact) mass is 323 g/mol. The Hall–Kier alpha value is -1.01. The van der Waals surface area contributed by atoms with Crippen LogP contribution in [0.3, 0.4) is 0 Å². The van der Waals surface area contributed by atoms with Crippen molar-refractivity contribution in [1.82, 2.24) is 18.2 Å². The van der Waals surface area contributed by atoms with Crippen LogP contribution >= 0.6 is 0 Å². The number of sulfonamides is 1. The molecule has 0 aromatic carbocycles. The van der Waals surface area contributed by atoms with Crippen LogP contribution < -0.4 is 5.14 Å². The minimum Gasteiger partial charge on any atom is -0.337 e. The molecule has 9 nitrogen and oxygen atoms in total. The van der Waals surface area contributed by atoms with E-state index >= 15 is 0 Å². The van der Waals surface area contributed by atoms with Crippen LogP contribution in [0.15, 0.2) is 11.2 Å². The molecule has 1 aromatic rings. The van der Waals surface area contributed by atoms with Crippen LogP contribution in [0.1, 0.15) is 5.82 Å². The van der Waals surface area contributed by atoms with Crippen LogP contribution in [0, 0.1) is 6.92 Å². The summed E-state index contributed by atoms with van der Waals surface area (Å²) in [5, 5.41) is 4.99. The summed E-state index contributed by atoms with van der Waals surface area (Å²) in [6.07, 6.45) is 1.44. The van der Waals surface area contributed by atoms with Crippen LogP contribution in [0.5, 0.6) is 0 Å². The predicted octanol–water partition coefficient (Wildman–Crippen LogP) is -1.76. The summed E-state index contributed by atoms with van der Waals surface area (Å²) in [5.41, 5.74) is 0. The van der Waals surface area contributed by atoms with E-state index in [2.05, 4.69) is 4.98 Å². The van der Waals surface area contributed by atoms with Gasteiger partial charge in [-0.2, -0.15) is 17.0 Å². The molecule has 1 fully saturated rings. The van der Waals surface area contributed by atoms with Gasteiger partial charge in [0, 0.05) is 39.4 Å². The van der Waals surface area contributed by atoms with Gasteiger partial charge in [-0.25, -0.2) is 18.5 Å². The van der Waals surface area contributed by atoms with E-state index in [-0.39, 0.29) is 31.2 Å². The molecule has 0 unspecified atom stereocenters. The minimum atomic E-state index is -3.77. The van der Waals surface area contributed by atoms with Crippen molar-refractivity contribution < 1.29 is 16.8 Å². The molecule has 0 bridgehead atoms. The van der Waals surface area contributed by atoms with E-state index in [0.717, 1.165) is 4.31 Å². The average Bonchev–Trinajstić information content (AvgIpc) is 2.69. The summed E-state index contributed by atoms with van der Waals surface area (Å²) in [5.74, 6) is 0.590. The van der Waals surface area contributed by atoms with Crippen LogP contribution in [0.25, 0.3) is 0 Å². The summed E-state index contributed by atoms with van der Waals surface area (Å²) in [6.45, 7) is 1.93. The summed E-state index contributed by atoms with van der Waals surface area (Å²) in [6, 6.07) is 0. The normalized spacial score (nSPS) is 19.4. The molecule has 1 aliphatic heterocycles. The molecule has 2 heterocycles. The molecule has 0 aliphatic carbocycles. The highest BCUT2D eigenvalue weighted by Crippen LogP contribution is 2.17. The van der Waals surface area contributed by atoms with Crippen molar-refractivity contribution in [3.05, 3.63) is 12.0 Å². The van der Waals surface area contributed by atoms with Gasteiger partial charge in [0.25, 0.3) is 20.2 Å². The predicted molar refractivity (Wildman–Crippen MR) is 71.4 cm³/mol. The molecule has 0 amide bonds. The van der Waals surface area contributed by atoms with Crippen molar-refractivity contribution in [3.63, 3.8) is 0 Å². The van der Waals surface area contributed by atoms with Gasteiger partial charge in [0.05, 0.1) is 0 Å². The number of aromatic nitrogens is 2. The molecule has 1 aliphatic rings. The molecular weight excluding hydrogens is 306 g/mol. The van der Waals surface area contributed by atoms with Gasteiger partial charge in [-0.15, -0.1) is 0 Å². The van der Waals surface area contributed by atoms with Gasteiger partial charge in [-0.05, 0) is 6.92 Å². The maximum absolute atomic E-state index is 12.4. The lowest BCUT2D eigenvalue weighted by Gasteiger charge is -2.31. The maximum Gasteiger partial charge on any atom is 0.276 e. The highest BCUT2D eigenvalue weighted by atomic mass is 32.2. The lowest BCUT2D eigenvalue weighted by Crippen LogP contribution is -2.52. The van der Waals surface area contributed by atoms with E-state index in [9.17, 15) is 16.8 Å². The molecule has 1 saturated heterocycles. The molecule has 114 valence electrons. The van der Waals surface area contributed by atoms with Crippen LogP contribution in [0.4, 0.5) is 0 Å². The summed E-state index contributed by atoms with van der Waals surface area (Å²) >= 11 is 0. The van der Waals surface area contributed by atoms with Gasteiger partial charge < -0.3 is 4.57 Å². The van der Waals surface area contributed by atoms with Gasteiger partial charge in [0.1, 0.15) is 5.82 Å². The zero-order valence-electron chi connectivity index (χ0n) is 11.2. The first-order chi connectivity index (χ1) is 9.12. The zero-order valence-corrected chi connectivity index (χ0v) is 12.9. The molecule has 11 heteroatoms. The number of piperazine rings is 1. The molecule has 20 heavy (non-hydrogen) atoms. The Balaban J connectivity index is 2.17. The standard InChI is InChI=1S/C9H17N5O4S2/c1-8-11-9(7-12(8)2)19(15,16)13-3-5-14(6-4-13)20(10,17)18/h7H,3-6H2,1-2H3,(H2,10,17,18). The molecule has 2 rings (SSSR count). The SMILES string of the molecule is Cc1nc(S(=O)(=O)N2CCN(S(N)(=O)=O)CC2)cn1C. The van der Waals surface area contributed by atoms with Crippen molar-refractivity contribution in [2.45, 2.75) is 11.9 Å². The Morgan fingerprint density at radius 3 is 2.00 bits per heavy atom. The summed E-state index contributed by atoms with van der Waals surface area (Å²) in [4.78, 5) is 4.00. The van der Waals surface area contributed by atoms with E-state index in [1.54, 1.807) is 18.5 Å². The smallest absolute Gasteiger partial charge is 0.276 e. The van der Waals surface area contributed by atoms with Crippen LogP contribution in [-0.2, 0) is 27.3 Å². The van der Waals surface area contributed by atoms with Crippen LogP contribution in [-0.4, -0.2) is 61.2 Å². The lowest BCUT2D eigenvalue weighted by atomic mass is 10.4. The second-order valence-corrected chi connectivity index (χ2v) is 8.02. The van der Waals surface area contributed by atoms with E-state index in [4.69, 9.17) is 5.14 Å². The van der Waals surface area contributed by atoms with E-state index in [0.29, 0.717) is 5.82 Å². The fourth-order valence-electron chi connectivity index (χ4n) is 1.95. The summed E-state index contributed by atoms with van der Waals surface area (Å²) in [7, 11) is -5.75. The van der Waals surface area contributed by atoms with E-state index in [1.165, 1.54) is 10.5 Å². The maximum atomic E-state index is 12.4. The number of nitrogens with two attached hydrogens (primary N) is 1. The Labute approximate surface area is 118 Å². The summed E-state index contributed by atoms with van der Waals surface area (Å²) < 4.78 is 51.0. The number of imidazole rings is 1. The first-order valence-corrected chi connectivity index (χ1v) is 8.84. The lowest BCUT2D eigenvalue weighted by molar-refractivity contribution is 0.272. The third kappa shape index (κ3) is 2.86. The van der Waals surface area contributed by atoms with Crippen molar-refractivity contribution in [3.8, 4) is 0 Å². The molecule has 0 saturated carbocycles. The third-order valence-corrected chi connectivity index (χ3v) is 6.10. The number of aryl methyl sites for hydroxylation is 2. The molecule has 2 N–H and O–H groups in total. The van der Waals surface area contributed by atoms with Gasteiger partial charge in [-0.1, -0.05) is 0 Å². The first-order valence-electron chi connectivity index (χ1n) is 5.90. The van der Waals surface area contributed by atoms with Gasteiger partial charge >= 0.3 is 0 Å². The van der Waals surface area contributed by atoms with E-state index < -0.39 is 20.2 Å². The topological polar surface area (TPSA) is 119 Å². The Bertz CT molecular complexity index is 681. The van der Waals surface area contributed by atoms with Gasteiger partial charge in [-0.3, -0.25) is 0 Å². The highest BCUT2D eigenvalue weighted by molar-refractivity contribution is 7.89. The molecule has 0 spiro atoms. The molecule has 1 aromatic heterocycles. The molecule has 0 radical (unpaired) electrons. The molecular formula is C9H17N5O4S2. The Kier molecular flexibility index (Phi) is 3.90. The van der Waals surface area contributed by atoms with Crippen molar-refractivity contribution in [2.24, 2.45) is 12.2 Å². The number of nitrogens with zero attached hydrogens (tertiary/aromatic N) is 4. The fourth-order valence-corrected chi connectivity index (χ4v) is 4.07.